The molecule has 1 aliphatic rings. The molecule has 3 atom stereocenters. The van der Waals surface area contributed by atoms with Gasteiger partial charge in [0.05, 0.1) is 0 Å². The molecule has 0 bridgehead atoms. The Hall–Kier alpha value is -0.0400. The predicted octanol–water partition coefficient (Wildman–Crippen LogP) is 3.84. The molecule has 1 aliphatic carbocycles. The normalized spacial score (nSPS) is 28.6. The Bertz CT molecular complexity index is 180. The third kappa shape index (κ3) is 4.55. The Morgan fingerprint density at radius 3 is 2.20 bits per heavy atom. The van der Waals surface area contributed by atoms with E-state index < -0.39 is 0 Å². The molecule has 1 saturated carbocycles. The molecule has 3 unspecified atom stereocenters. The summed E-state index contributed by atoms with van der Waals surface area (Å²) in [7, 11) is 0. The lowest BCUT2D eigenvalue weighted by atomic mass is 9.69. The van der Waals surface area contributed by atoms with Gasteiger partial charge in [0.1, 0.15) is 0 Å². The monoisotopic (exact) mass is 211 g/mol. The fourth-order valence-electron chi connectivity index (χ4n) is 2.34. The zero-order valence-corrected chi connectivity index (χ0v) is 11.3. The second-order valence-electron chi connectivity index (χ2n) is 6.48. The summed E-state index contributed by atoms with van der Waals surface area (Å²) in [6, 6.07) is 0. The highest BCUT2D eigenvalue weighted by Gasteiger charge is 2.31. The first-order valence-corrected chi connectivity index (χ1v) is 6.67. The lowest BCUT2D eigenvalue weighted by Gasteiger charge is -2.40. The quantitative estimate of drug-likeness (QED) is 0.728. The molecule has 1 N–H and O–H groups in total. The number of hydrogen-bond acceptors (Lipinski definition) is 1. The minimum absolute atomic E-state index is 0.288. The highest BCUT2D eigenvalue weighted by Crippen LogP contribution is 2.39. The molecular weight excluding hydrogens is 182 g/mol. The van der Waals surface area contributed by atoms with Gasteiger partial charge in [-0.15, -0.1) is 0 Å². The Morgan fingerprint density at radius 1 is 1.20 bits per heavy atom. The smallest absolute Gasteiger partial charge is 0.00966 e. The molecule has 1 rings (SSSR count). The van der Waals surface area contributed by atoms with E-state index >= 15 is 0 Å². The number of nitrogens with one attached hydrogen (secondary N) is 1. The third-order valence-electron chi connectivity index (χ3n) is 3.87. The highest BCUT2D eigenvalue weighted by atomic mass is 14.9. The van der Waals surface area contributed by atoms with Crippen molar-refractivity contribution in [2.75, 3.05) is 6.54 Å². The molecule has 0 amide bonds. The first-order chi connectivity index (χ1) is 6.92. The van der Waals surface area contributed by atoms with Crippen molar-refractivity contribution in [1.82, 2.24) is 5.32 Å². The molecule has 0 heterocycles. The Kier molecular flexibility index (Phi) is 4.64. The van der Waals surface area contributed by atoms with E-state index in [0.29, 0.717) is 0 Å². The fourth-order valence-corrected chi connectivity index (χ4v) is 2.34. The SMILES string of the molecule is CCC(C)CC1CCC1CNC(C)(C)C. The Balaban J connectivity index is 2.21. The van der Waals surface area contributed by atoms with Crippen molar-refractivity contribution >= 4 is 0 Å². The summed E-state index contributed by atoms with van der Waals surface area (Å²) in [6.07, 6.45) is 5.72. The topological polar surface area (TPSA) is 12.0 Å². The fraction of sp³-hybridized carbons (Fsp3) is 1.00. The zero-order chi connectivity index (χ0) is 11.5. The maximum atomic E-state index is 3.65. The predicted molar refractivity (Wildman–Crippen MR) is 68.0 cm³/mol. The average Bonchev–Trinajstić information content (AvgIpc) is 2.10. The largest absolute Gasteiger partial charge is 0.312 e. The summed E-state index contributed by atoms with van der Waals surface area (Å²) >= 11 is 0. The van der Waals surface area contributed by atoms with Gasteiger partial charge in [0.25, 0.3) is 0 Å². The summed E-state index contributed by atoms with van der Waals surface area (Å²) in [5.74, 6) is 2.89. The zero-order valence-electron chi connectivity index (χ0n) is 11.3. The van der Waals surface area contributed by atoms with Crippen molar-refractivity contribution in [3.63, 3.8) is 0 Å². The molecule has 15 heavy (non-hydrogen) atoms. The number of rotatable bonds is 5. The summed E-state index contributed by atoms with van der Waals surface area (Å²) in [5.41, 5.74) is 0.288. The van der Waals surface area contributed by atoms with Crippen molar-refractivity contribution in [3.8, 4) is 0 Å². The second kappa shape index (κ2) is 5.34. The van der Waals surface area contributed by atoms with Crippen LogP contribution >= 0.6 is 0 Å². The van der Waals surface area contributed by atoms with Gasteiger partial charge in [-0.2, -0.15) is 0 Å². The van der Waals surface area contributed by atoms with Crippen LogP contribution in [-0.4, -0.2) is 12.1 Å². The molecule has 1 nitrogen and oxygen atoms in total. The van der Waals surface area contributed by atoms with Crippen LogP contribution in [0.4, 0.5) is 0 Å². The number of hydrogen-bond donors (Lipinski definition) is 1. The van der Waals surface area contributed by atoms with Gasteiger partial charge >= 0.3 is 0 Å². The van der Waals surface area contributed by atoms with E-state index in [9.17, 15) is 0 Å². The van der Waals surface area contributed by atoms with Gasteiger partial charge in [-0.3, -0.25) is 0 Å². The molecule has 1 heteroatoms. The van der Waals surface area contributed by atoms with Gasteiger partial charge in [-0.1, -0.05) is 20.3 Å². The molecule has 0 radical (unpaired) electrons. The first-order valence-electron chi connectivity index (χ1n) is 6.67. The average molecular weight is 211 g/mol. The van der Waals surface area contributed by atoms with Crippen molar-refractivity contribution in [3.05, 3.63) is 0 Å². The molecule has 0 spiro atoms. The molecule has 1 fully saturated rings. The van der Waals surface area contributed by atoms with E-state index in [1.165, 1.54) is 32.2 Å². The summed E-state index contributed by atoms with van der Waals surface area (Å²) in [5, 5.41) is 3.65. The van der Waals surface area contributed by atoms with Gasteiger partial charge in [0.2, 0.25) is 0 Å². The van der Waals surface area contributed by atoms with E-state index in [1.807, 2.05) is 0 Å². The van der Waals surface area contributed by atoms with Crippen molar-refractivity contribution in [2.24, 2.45) is 17.8 Å². The summed E-state index contributed by atoms with van der Waals surface area (Å²) in [4.78, 5) is 0. The molecule has 0 saturated heterocycles. The molecule has 0 aromatic carbocycles. The minimum Gasteiger partial charge on any atom is -0.312 e. The third-order valence-corrected chi connectivity index (χ3v) is 3.87. The van der Waals surface area contributed by atoms with Crippen LogP contribution in [0.25, 0.3) is 0 Å². The Labute approximate surface area is 96.0 Å². The van der Waals surface area contributed by atoms with Gasteiger partial charge in [-0.05, 0) is 64.3 Å². The van der Waals surface area contributed by atoms with Gasteiger partial charge < -0.3 is 5.32 Å². The van der Waals surface area contributed by atoms with Crippen LogP contribution in [0.15, 0.2) is 0 Å². The molecule has 0 aromatic rings. The molecule has 90 valence electrons. The molecular formula is C14H29N. The lowest BCUT2D eigenvalue weighted by Crippen LogP contribution is -2.43. The molecule has 0 aliphatic heterocycles. The van der Waals surface area contributed by atoms with E-state index in [4.69, 9.17) is 0 Å². The summed E-state index contributed by atoms with van der Waals surface area (Å²) < 4.78 is 0. The van der Waals surface area contributed by atoms with Crippen LogP contribution in [0, 0.1) is 17.8 Å². The van der Waals surface area contributed by atoms with Crippen molar-refractivity contribution in [1.29, 1.82) is 0 Å². The maximum absolute atomic E-state index is 3.65. The van der Waals surface area contributed by atoms with Crippen LogP contribution in [0.2, 0.25) is 0 Å². The van der Waals surface area contributed by atoms with Crippen molar-refractivity contribution < 1.29 is 0 Å². The molecule has 0 aromatic heterocycles. The standard InChI is InChI=1S/C14H29N/c1-6-11(2)9-12-7-8-13(12)10-15-14(3,4)5/h11-13,15H,6-10H2,1-5H3. The Morgan fingerprint density at radius 2 is 1.80 bits per heavy atom. The highest BCUT2D eigenvalue weighted by molar-refractivity contribution is 4.85. The van der Waals surface area contributed by atoms with E-state index in [0.717, 1.165) is 17.8 Å². The minimum atomic E-state index is 0.288. The van der Waals surface area contributed by atoms with E-state index in [2.05, 4.69) is 39.9 Å². The van der Waals surface area contributed by atoms with Gasteiger partial charge in [-0.25, -0.2) is 0 Å². The van der Waals surface area contributed by atoms with Crippen LogP contribution in [0.3, 0.4) is 0 Å². The van der Waals surface area contributed by atoms with Crippen LogP contribution in [0.1, 0.15) is 60.3 Å². The summed E-state index contributed by atoms with van der Waals surface area (Å²) in [6.45, 7) is 12.7. The van der Waals surface area contributed by atoms with Crippen LogP contribution in [-0.2, 0) is 0 Å². The van der Waals surface area contributed by atoms with E-state index in [-0.39, 0.29) is 5.54 Å². The maximum Gasteiger partial charge on any atom is 0.00966 e. The van der Waals surface area contributed by atoms with Crippen LogP contribution < -0.4 is 5.32 Å². The van der Waals surface area contributed by atoms with Gasteiger partial charge in [0, 0.05) is 5.54 Å². The van der Waals surface area contributed by atoms with Crippen molar-refractivity contribution in [2.45, 2.75) is 65.8 Å². The van der Waals surface area contributed by atoms with E-state index in [1.54, 1.807) is 0 Å². The first kappa shape index (κ1) is 13.0. The lowest BCUT2D eigenvalue weighted by molar-refractivity contribution is 0.131. The van der Waals surface area contributed by atoms with Crippen LogP contribution in [0.5, 0.6) is 0 Å². The van der Waals surface area contributed by atoms with Gasteiger partial charge in [0.15, 0.2) is 0 Å². The second-order valence-corrected chi connectivity index (χ2v) is 6.48.